The molecule has 1 aliphatic rings. The molecule has 0 atom stereocenters. The highest BCUT2D eigenvalue weighted by Gasteiger charge is 2.28. The van der Waals surface area contributed by atoms with Crippen molar-refractivity contribution in [2.75, 3.05) is 24.5 Å². The second kappa shape index (κ2) is 8.20. The van der Waals surface area contributed by atoms with Gasteiger partial charge < -0.3 is 4.90 Å². The molecule has 0 bridgehead atoms. The predicted octanol–water partition coefficient (Wildman–Crippen LogP) is 4.00. The van der Waals surface area contributed by atoms with E-state index >= 15 is 0 Å². The number of amides is 1. The van der Waals surface area contributed by atoms with Crippen LogP contribution in [-0.4, -0.2) is 38.3 Å². The Hall–Kier alpha value is -2.70. The zero-order valence-electron chi connectivity index (χ0n) is 17.3. The molecule has 0 N–H and O–H groups in total. The minimum absolute atomic E-state index is 0.0319. The van der Waals surface area contributed by atoms with E-state index in [9.17, 15) is 13.2 Å². The monoisotopic (exact) mass is 422 g/mol. The fourth-order valence-corrected chi connectivity index (χ4v) is 5.72. The Bertz CT molecular complexity index is 1190. The van der Waals surface area contributed by atoms with Crippen molar-refractivity contribution in [3.8, 4) is 0 Å². The molecule has 1 heterocycles. The summed E-state index contributed by atoms with van der Waals surface area (Å²) in [5.74, 6) is 0.0319. The molecule has 0 radical (unpaired) electrons. The summed E-state index contributed by atoms with van der Waals surface area (Å²) in [4.78, 5) is 15.2. The van der Waals surface area contributed by atoms with Crippen molar-refractivity contribution >= 4 is 32.4 Å². The first kappa shape index (κ1) is 20.6. The maximum absolute atomic E-state index is 13.1. The zero-order chi connectivity index (χ0) is 21.3. The van der Waals surface area contributed by atoms with E-state index in [2.05, 4.69) is 0 Å². The molecule has 30 heavy (non-hydrogen) atoms. The van der Waals surface area contributed by atoms with Gasteiger partial charge in [-0.1, -0.05) is 56.3 Å². The van der Waals surface area contributed by atoms with Gasteiger partial charge in [-0.05, 0) is 46.5 Å². The Labute approximate surface area is 178 Å². The molecule has 5 nitrogen and oxygen atoms in total. The molecule has 0 aliphatic carbocycles. The number of sulfonamides is 1. The molecule has 1 aliphatic heterocycles. The third kappa shape index (κ3) is 3.61. The molecular weight excluding hydrogens is 396 g/mol. The molecule has 3 aromatic carbocycles. The fraction of sp³-hybridized carbons (Fsp3) is 0.292. The molecule has 0 unspecified atom stereocenters. The minimum atomic E-state index is -3.50. The van der Waals surface area contributed by atoms with E-state index < -0.39 is 10.0 Å². The highest BCUT2D eigenvalue weighted by Crippen LogP contribution is 2.32. The number of nitrogens with zero attached hydrogens (tertiary/aromatic N) is 2. The number of rotatable bonds is 6. The molecule has 0 saturated carbocycles. The Morgan fingerprint density at radius 3 is 2.50 bits per heavy atom. The molecule has 3 aromatic rings. The Kier molecular flexibility index (Phi) is 5.62. The van der Waals surface area contributed by atoms with E-state index in [1.165, 1.54) is 4.31 Å². The van der Waals surface area contributed by atoms with E-state index in [0.29, 0.717) is 37.4 Å². The van der Waals surface area contributed by atoms with Gasteiger partial charge in [0.25, 0.3) is 0 Å². The second-order valence-electron chi connectivity index (χ2n) is 7.49. The lowest BCUT2D eigenvalue weighted by Gasteiger charge is -2.20. The summed E-state index contributed by atoms with van der Waals surface area (Å²) < 4.78 is 27.1. The van der Waals surface area contributed by atoms with Gasteiger partial charge in [-0.3, -0.25) is 4.79 Å². The van der Waals surface area contributed by atoms with Gasteiger partial charge in [0.2, 0.25) is 15.9 Å². The highest BCUT2D eigenvalue weighted by molar-refractivity contribution is 7.89. The van der Waals surface area contributed by atoms with Gasteiger partial charge in [-0.15, -0.1) is 0 Å². The maximum atomic E-state index is 13.1. The van der Waals surface area contributed by atoms with E-state index in [1.54, 1.807) is 23.1 Å². The molecule has 156 valence electrons. The van der Waals surface area contributed by atoms with Crippen LogP contribution in [0.15, 0.2) is 65.6 Å². The molecule has 1 amide bonds. The fourth-order valence-electron chi connectivity index (χ4n) is 4.22. The summed E-state index contributed by atoms with van der Waals surface area (Å²) >= 11 is 0. The van der Waals surface area contributed by atoms with E-state index in [1.807, 2.05) is 56.3 Å². The zero-order valence-corrected chi connectivity index (χ0v) is 18.2. The van der Waals surface area contributed by atoms with Crippen molar-refractivity contribution in [2.45, 2.75) is 31.6 Å². The average Bonchev–Trinajstić information content (AvgIpc) is 3.18. The van der Waals surface area contributed by atoms with Gasteiger partial charge in [0.15, 0.2) is 0 Å². The van der Waals surface area contributed by atoms with Crippen molar-refractivity contribution in [1.29, 1.82) is 0 Å². The summed E-state index contributed by atoms with van der Waals surface area (Å²) in [6, 6.07) is 19.2. The van der Waals surface area contributed by atoms with Crippen LogP contribution < -0.4 is 4.90 Å². The van der Waals surface area contributed by atoms with Crippen molar-refractivity contribution in [3.63, 3.8) is 0 Å². The van der Waals surface area contributed by atoms with Crippen molar-refractivity contribution in [1.82, 2.24) is 4.31 Å². The van der Waals surface area contributed by atoms with Crippen LogP contribution in [0.25, 0.3) is 10.8 Å². The second-order valence-corrected chi connectivity index (χ2v) is 9.43. The number of hydrogen-bond acceptors (Lipinski definition) is 3. The minimum Gasteiger partial charge on any atom is -0.312 e. The highest BCUT2D eigenvalue weighted by atomic mass is 32.2. The normalized spacial score (nSPS) is 13.8. The van der Waals surface area contributed by atoms with Crippen LogP contribution in [0.1, 0.15) is 25.0 Å². The first-order valence-corrected chi connectivity index (χ1v) is 11.8. The standard InChI is InChI=1S/C24H26N2O3S/c1-3-25(4-2)30(28,29)21-12-13-23-20(16-21)14-15-26(23)24(27)17-19-10-7-9-18-8-5-6-11-22(18)19/h5-13,16H,3-4,14-15,17H2,1-2H3. The van der Waals surface area contributed by atoms with Crippen LogP contribution in [0.3, 0.4) is 0 Å². The van der Waals surface area contributed by atoms with Gasteiger partial charge in [0.05, 0.1) is 11.3 Å². The summed E-state index contributed by atoms with van der Waals surface area (Å²) in [7, 11) is -3.50. The predicted molar refractivity (Wildman–Crippen MR) is 120 cm³/mol. The molecule has 0 saturated heterocycles. The third-order valence-electron chi connectivity index (χ3n) is 5.81. The molecule has 0 spiro atoms. The number of benzene rings is 3. The quantitative estimate of drug-likeness (QED) is 0.603. The largest absolute Gasteiger partial charge is 0.312 e. The third-order valence-corrected chi connectivity index (χ3v) is 7.86. The van der Waals surface area contributed by atoms with Gasteiger partial charge in [-0.2, -0.15) is 4.31 Å². The topological polar surface area (TPSA) is 57.7 Å². The Balaban J connectivity index is 1.60. The van der Waals surface area contributed by atoms with Gasteiger partial charge >= 0.3 is 0 Å². The first-order chi connectivity index (χ1) is 14.5. The summed E-state index contributed by atoms with van der Waals surface area (Å²) in [5, 5.41) is 2.21. The molecular formula is C24H26N2O3S. The molecule has 6 heteroatoms. The molecule has 0 aromatic heterocycles. The van der Waals surface area contributed by atoms with Crippen molar-refractivity contribution < 1.29 is 13.2 Å². The lowest BCUT2D eigenvalue weighted by atomic mass is 10.0. The van der Waals surface area contributed by atoms with Crippen LogP contribution in [0.4, 0.5) is 5.69 Å². The maximum Gasteiger partial charge on any atom is 0.243 e. The van der Waals surface area contributed by atoms with E-state index in [4.69, 9.17) is 0 Å². The lowest BCUT2D eigenvalue weighted by molar-refractivity contribution is -0.117. The summed E-state index contributed by atoms with van der Waals surface area (Å²) in [6.07, 6.45) is 0.985. The van der Waals surface area contributed by atoms with Crippen LogP contribution >= 0.6 is 0 Å². The van der Waals surface area contributed by atoms with Crippen LogP contribution in [0.2, 0.25) is 0 Å². The van der Waals surface area contributed by atoms with Gasteiger partial charge in [0, 0.05) is 25.3 Å². The van der Waals surface area contributed by atoms with Crippen LogP contribution in [-0.2, 0) is 27.7 Å². The van der Waals surface area contributed by atoms with Crippen molar-refractivity contribution in [3.05, 3.63) is 71.8 Å². The number of carbonyl (C=O) groups is 1. The lowest BCUT2D eigenvalue weighted by Crippen LogP contribution is -2.31. The van der Waals surface area contributed by atoms with Crippen LogP contribution in [0, 0.1) is 0 Å². The summed E-state index contributed by atoms with van der Waals surface area (Å²) in [6.45, 7) is 5.12. The SMILES string of the molecule is CCN(CC)S(=O)(=O)c1ccc2c(c1)CCN2C(=O)Cc1cccc2ccccc12. The first-order valence-electron chi connectivity index (χ1n) is 10.4. The van der Waals surface area contributed by atoms with Gasteiger partial charge in [-0.25, -0.2) is 8.42 Å². The number of fused-ring (bicyclic) bond motifs is 2. The van der Waals surface area contributed by atoms with Crippen LogP contribution in [0.5, 0.6) is 0 Å². The van der Waals surface area contributed by atoms with E-state index in [0.717, 1.165) is 27.6 Å². The summed E-state index contributed by atoms with van der Waals surface area (Å²) in [5.41, 5.74) is 2.74. The number of hydrogen-bond donors (Lipinski definition) is 0. The van der Waals surface area contributed by atoms with E-state index in [-0.39, 0.29) is 5.91 Å². The molecule has 0 fully saturated rings. The van der Waals surface area contributed by atoms with Gasteiger partial charge in [0.1, 0.15) is 0 Å². The Morgan fingerprint density at radius 1 is 1.00 bits per heavy atom. The number of anilines is 1. The number of carbonyl (C=O) groups excluding carboxylic acids is 1. The smallest absolute Gasteiger partial charge is 0.243 e. The van der Waals surface area contributed by atoms with Crippen molar-refractivity contribution in [2.24, 2.45) is 0 Å². The molecule has 4 rings (SSSR count). The average molecular weight is 423 g/mol. The Morgan fingerprint density at radius 2 is 1.73 bits per heavy atom.